The van der Waals surface area contributed by atoms with Crippen molar-refractivity contribution < 1.29 is 31.5 Å². The van der Waals surface area contributed by atoms with E-state index in [-0.39, 0.29) is 54.8 Å². The smallest absolute Gasteiger partial charge is 0.301 e. The number of benzene rings is 3. The lowest BCUT2D eigenvalue weighted by Gasteiger charge is -2.26. The standard InChI is InChI=1S/C29H26F2N6O5S/c1-17-12-19(42-27-5-3-2-4-21(27)30)6-7-26(17)37-29(32)20(16-33-37)28(38)25-14-18-13-22(31)24(15-23(18)34-25)35-43(39,40)36-8-10-41-11-9-36/h2-7,12-16,34-35H,8-11,32H2,1H3. The van der Waals surface area contributed by atoms with Gasteiger partial charge in [-0.3, -0.25) is 9.52 Å². The fraction of sp³-hybridized carbons (Fsp3) is 0.172. The highest BCUT2D eigenvalue weighted by molar-refractivity contribution is 7.90. The molecular weight excluding hydrogens is 582 g/mol. The maximum atomic E-state index is 14.9. The van der Waals surface area contributed by atoms with E-state index in [9.17, 15) is 22.0 Å². The average molecular weight is 609 g/mol. The predicted molar refractivity (Wildman–Crippen MR) is 156 cm³/mol. The second kappa shape index (κ2) is 11.1. The van der Waals surface area contributed by atoms with E-state index in [1.165, 1.54) is 39.4 Å². The van der Waals surface area contributed by atoms with Crippen molar-refractivity contribution in [2.45, 2.75) is 6.92 Å². The summed E-state index contributed by atoms with van der Waals surface area (Å²) in [4.78, 5) is 16.3. The zero-order chi connectivity index (χ0) is 30.3. The van der Waals surface area contributed by atoms with Gasteiger partial charge in [0.05, 0.1) is 42.0 Å². The number of aryl methyl sites for hydroxylation is 1. The maximum absolute atomic E-state index is 14.9. The van der Waals surface area contributed by atoms with Crippen molar-refractivity contribution in [1.82, 2.24) is 19.1 Å². The molecule has 6 rings (SSSR count). The molecule has 0 radical (unpaired) electrons. The Labute approximate surface area is 245 Å². The molecule has 3 aromatic carbocycles. The number of nitrogens with two attached hydrogens (primary N) is 1. The number of para-hydroxylation sites is 1. The normalized spacial score (nSPS) is 14.2. The van der Waals surface area contributed by atoms with Crippen LogP contribution in [0.1, 0.15) is 21.6 Å². The van der Waals surface area contributed by atoms with Gasteiger partial charge in [0, 0.05) is 24.0 Å². The van der Waals surface area contributed by atoms with Gasteiger partial charge in [0.25, 0.3) is 0 Å². The Hall–Kier alpha value is -4.79. The summed E-state index contributed by atoms with van der Waals surface area (Å²) < 4.78 is 70.0. The van der Waals surface area contributed by atoms with E-state index in [0.717, 1.165) is 6.07 Å². The van der Waals surface area contributed by atoms with Gasteiger partial charge in [0.2, 0.25) is 5.78 Å². The van der Waals surface area contributed by atoms with Gasteiger partial charge < -0.3 is 20.2 Å². The van der Waals surface area contributed by atoms with E-state index in [1.807, 2.05) is 0 Å². The van der Waals surface area contributed by atoms with Crippen molar-refractivity contribution in [2.24, 2.45) is 0 Å². The number of nitrogens with zero attached hydrogens (tertiary/aromatic N) is 3. The zero-order valence-electron chi connectivity index (χ0n) is 22.8. The molecule has 0 aliphatic carbocycles. The molecule has 222 valence electrons. The van der Waals surface area contributed by atoms with Gasteiger partial charge >= 0.3 is 10.2 Å². The predicted octanol–water partition coefficient (Wildman–Crippen LogP) is 4.53. The highest BCUT2D eigenvalue weighted by atomic mass is 32.2. The van der Waals surface area contributed by atoms with Crippen LogP contribution in [0.3, 0.4) is 0 Å². The number of hydrogen-bond donors (Lipinski definition) is 3. The number of rotatable bonds is 8. The summed E-state index contributed by atoms with van der Waals surface area (Å²) in [5.41, 5.74) is 7.92. The van der Waals surface area contributed by atoms with Crippen LogP contribution in [0.5, 0.6) is 11.5 Å². The van der Waals surface area contributed by atoms with Crippen LogP contribution >= 0.6 is 0 Å². The molecule has 0 spiro atoms. The van der Waals surface area contributed by atoms with Crippen LogP contribution in [-0.2, 0) is 14.9 Å². The first-order chi connectivity index (χ1) is 20.6. The van der Waals surface area contributed by atoms with Crippen LogP contribution < -0.4 is 15.2 Å². The van der Waals surface area contributed by atoms with E-state index in [2.05, 4.69) is 14.8 Å². The van der Waals surface area contributed by atoms with Crippen LogP contribution in [0, 0.1) is 18.6 Å². The Kier molecular flexibility index (Phi) is 7.33. The van der Waals surface area contributed by atoms with E-state index in [0.29, 0.717) is 27.9 Å². The van der Waals surface area contributed by atoms with Crippen LogP contribution in [0.4, 0.5) is 20.3 Å². The lowest BCUT2D eigenvalue weighted by atomic mass is 10.1. The average Bonchev–Trinajstić information content (AvgIpc) is 3.57. The van der Waals surface area contributed by atoms with Crippen LogP contribution in [0.2, 0.25) is 0 Å². The third-order valence-corrected chi connectivity index (χ3v) is 8.54. The molecule has 0 unspecified atom stereocenters. The highest BCUT2D eigenvalue weighted by Crippen LogP contribution is 2.30. The summed E-state index contributed by atoms with van der Waals surface area (Å²) in [6, 6.07) is 15.0. The number of nitrogen functional groups attached to an aromatic ring is 1. The van der Waals surface area contributed by atoms with Gasteiger partial charge in [-0.2, -0.15) is 17.8 Å². The molecule has 0 amide bonds. The number of aromatic nitrogens is 3. The van der Waals surface area contributed by atoms with Crippen molar-refractivity contribution in [3.05, 3.63) is 95.3 Å². The number of ketones is 1. The number of morpholine rings is 1. The highest BCUT2D eigenvalue weighted by Gasteiger charge is 2.26. The number of anilines is 2. The fourth-order valence-electron chi connectivity index (χ4n) is 4.80. The van der Waals surface area contributed by atoms with Crippen molar-refractivity contribution in [1.29, 1.82) is 0 Å². The lowest BCUT2D eigenvalue weighted by Crippen LogP contribution is -2.43. The second-order valence-electron chi connectivity index (χ2n) is 9.89. The molecular formula is C29H26F2N6O5S. The minimum absolute atomic E-state index is 0.0691. The number of fused-ring (bicyclic) bond motifs is 1. The molecule has 0 saturated carbocycles. The number of aromatic amines is 1. The number of nitrogens with one attached hydrogen (secondary N) is 2. The number of H-pyrrole nitrogens is 1. The minimum atomic E-state index is -4.00. The Morgan fingerprint density at radius 3 is 2.58 bits per heavy atom. The molecule has 1 saturated heterocycles. The maximum Gasteiger partial charge on any atom is 0.301 e. The minimum Gasteiger partial charge on any atom is -0.454 e. The summed E-state index contributed by atoms with van der Waals surface area (Å²) in [5.74, 6) is -1.22. The molecule has 1 aliphatic heterocycles. The first kappa shape index (κ1) is 28.3. The number of carbonyl (C=O) groups excluding carboxylic acids is 1. The van der Waals surface area contributed by atoms with Crippen LogP contribution in [0.15, 0.2) is 66.9 Å². The summed E-state index contributed by atoms with van der Waals surface area (Å²) in [6.45, 7) is 2.60. The number of carbonyl (C=O) groups is 1. The van der Waals surface area contributed by atoms with Gasteiger partial charge in [-0.1, -0.05) is 12.1 Å². The molecule has 3 heterocycles. The Morgan fingerprint density at radius 1 is 1.07 bits per heavy atom. The molecule has 11 nitrogen and oxygen atoms in total. The Morgan fingerprint density at radius 2 is 1.84 bits per heavy atom. The van der Waals surface area contributed by atoms with Gasteiger partial charge in [-0.15, -0.1) is 0 Å². The van der Waals surface area contributed by atoms with Crippen LogP contribution in [0.25, 0.3) is 16.6 Å². The van der Waals surface area contributed by atoms with Crippen LogP contribution in [-0.4, -0.2) is 59.6 Å². The Balaban J connectivity index is 1.24. The quantitative estimate of drug-likeness (QED) is 0.220. The number of hydrogen-bond acceptors (Lipinski definition) is 7. The monoisotopic (exact) mass is 608 g/mol. The molecule has 14 heteroatoms. The molecule has 4 N–H and O–H groups in total. The zero-order valence-corrected chi connectivity index (χ0v) is 23.6. The molecule has 0 bridgehead atoms. The SMILES string of the molecule is Cc1cc(Oc2ccccc2F)ccc1-n1ncc(C(=O)c2cc3cc(F)c(NS(=O)(=O)N4CCOCC4)cc3[nH]2)c1N. The summed E-state index contributed by atoms with van der Waals surface area (Å²) in [7, 11) is -4.00. The van der Waals surface area contributed by atoms with Gasteiger partial charge in [-0.05, 0) is 61.0 Å². The first-order valence-electron chi connectivity index (χ1n) is 13.2. The van der Waals surface area contributed by atoms with E-state index in [4.69, 9.17) is 15.2 Å². The molecule has 5 aromatic rings. The fourth-order valence-corrected chi connectivity index (χ4v) is 5.99. The van der Waals surface area contributed by atoms with Crippen molar-refractivity contribution >= 4 is 38.4 Å². The number of halogens is 2. The number of ether oxygens (including phenoxy) is 2. The Bertz CT molecular complexity index is 1970. The lowest BCUT2D eigenvalue weighted by molar-refractivity contribution is 0.0733. The van der Waals surface area contributed by atoms with E-state index in [1.54, 1.807) is 37.3 Å². The van der Waals surface area contributed by atoms with Crippen molar-refractivity contribution in [3.8, 4) is 17.2 Å². The summed E-state index contributed by atoms with van der Waals surface area (Å²) in [6.07, 6.45) is 1.33. The second-order valence-corrected chi connectivity index (χ2v) is 11.6. The van der Waals surface area contributed by atoms with Gasteiger partial charge in [0.1, 0.15) is 17.4 Å². The van der Waals surface area contributed by atoms with E-state index < -0.39 is 27.6 Å². The molecule has 43 heavy (non-hydrogen) atoms. The summed E-state index contributed by atoms with van der Waals surface area (Å²) >= 11 is 0. The van der Waals surface area contributed by atoms with Gasteiger partial charge in [0.15, 0.2) is 11.6 Å². The molecule has 1 fully saturated rings. The molecule has 1 aliphatic rings. The summed E-state index contributed by atoms with van der Waals surface area (Å²) in [5, 5.41) is 4.66. The molecule has 2 aromatic heterocycles. The third kappa shape index (κ3) is 5.55. The van der Waals surface area contributed by atoms with E-state index >= 15 is 0 Å². The topological polar surface area (TPSA) is 145 Å². The first-order valence-corrected chi connectivity index (χ1v) is 14.6. The third-order valence-electron chi connectivity index (χ3n) is 7.01. The largest absolute Gasteiger partial charge is 0.454 e. The van der Waals surface area contributed by atoms with Crippen molar-refractivity contribution in [2.75, 3.05) is 36.8 Å². The molecule has 0 atom stereocenters. The van der Waals surface area contributed by atoms with Gasteiger partial charge in [-0.25, -0.2) is 13.5 Å². The van der Waals surface area contributed by atoms with Crippen molar-refractivity contribution in [3.63, 3.8) is 0 Å².